The van der Waals surface area contributed by atoms with E-state index in [2.05, 4.69) is 5.32 Å². The molecule has 1 saturated heterocycles. The van der Waals surface area contributed by atoms with Gasteiger partial charge in [-0.3, -0.25) is 9.69 Å². The van der Waals surface area contributed by atoms with Crippen LogP contribution in [0.15, 0.2) is 72.8 Å². The van der Waals surface area contributed by atoms with Gasteiger partial charge in [0.05, 0.1) is 0 Å². The minimum Gasteiger partial charge on any atom is -0.322 e. The highest BCUT2D eigenvalue weighted by Gasteiger charge is 2.27. The molecular weight excluding hydrogens is 393 g/mol. The number of nitrogens with zero attached hydrogens (tertiary/aromatic N) is 2. The number of hydrogen-bond donors (Lipinski definition) is 1. The van der Waals surface area contributed by atoms with Crippen LogP contribution in [0, 0.1) is 12.7 Å². The van der Waals surface area contributed by atoms with Crippen LogP contribution in [-0.4, -0.2) is 29.9 Å². The highest BCUT2D eigenvalue weighted by atomic mass is 19.1. The lowest BCUT2D eigenvalue weighted by Gasteiger charge is -2.36. The fourth-order valence-electron chi connectivity index (χ4n) is 3.75. The number of amides is 3. The molecule has 0 aromatic heterocycles. The Morgan fingerprint density at radius 1 is 1.00 bits per heavy atom. The highest BCUT2D eigenvalue weighted by molar-refractivity contribution is 6.05. The minimum atomic E-state index is -0.417. The molecule has 0 aliphatic carbocycles. The summed E-state index contributed by atoms with van der Waals surface area (Å²) in [4.78, 5) is 29.3. The van der Waals surface area contributed by atoms with E-state index in [-0.39, 0.29) is 11.9 Å². The van der Waals surface area contributed by atoms with Gasteiger partial charge in [-0.2, -0.15) is 0 Å². The first-order chi connectivity index (χ1) is 15.0. The molecule has 0 spiro atoms. The van der Waals surface area contributed by atoms with Crippen LogP contribution in [0.2, 0.25) is 0 Å². The summed E-state index contributed by atoms with van der Waals surface area (Å²) in [6, 6.07) is 20.7. The fraction of sp³-hybridized carbons (Fsp3) is 0.200. The predicted octanol–water partition coefficient (Wildman–Crippen LogP) is 5.22. The van der Waals surface area contributed by atoms with Crippen molar-refractivity contribution in [3.8, 4) is 0 Å². The predicted molar refractivity (Wildman–Crippen MR) is 120 cm³/mol. The average Bonchev–Trinajstić information content (AvgIpc) is 2.77. The van der Waals surface area contributed by atoms with Gasteiger partial charge in [-0.15, -0.1) is 0 Å². The van der Waals surface area contributed by atoms with Crippen molar-refractivity contribution >= 4 is 23.3 Å². The number of urea groups is 1. The topological polar surface area (TPSA) is 52.6 Å². The number of benzene rings is 3. The normalized spacial score (nSPS) is 13.9. The summed E-state index contributed by atoms with van der Waals surface area (Å²) in [6.45, 7) is 3.89. The first kappa shape index (κ1) is 20.6. The molecule has 0 radical (unpaired) electrons. The van der Waals surface area contributed by atoms with Gasteiger partial charge in [-0.25, -0.2) is 9.18 Å². The maximum atomic E-state index is 13.4. The SMILES string of the molecule is Cc1ccccc1CN1CCCN(c2cccc(C(=O)Nc3cccc(F)c3)c2)C1=O. The Labute approximate surface area is 181 Å². The number of carbonyl (C=O) groups is 2. The lowest BCUT2D eigenvalue weighted by atomic mass is 10.1. The molecule has 0 saturated carbocycles. The van der Waals surface area contributed by atoms with Crippen molar-refractivity contribution in [2.75, 3.05) is 23.3 Å². The zero-order valence-corrected chi connectivity index (χ0v) is 17.3. The van der Waals surface area contributed by atoms with Gasteiger partial charge < -0.3 is 10.2 Å². The molecule has 6 heteroatoms. The van der Waals surface area contributed by atoms with E-state index in [1.807, 2.05) is 42.2 Å². The second-order valence-corrected chi connectivity index (χ2v) is 7.65. The third-order valence-corrected chi connectivity index (χ3v) is 5.44. The molecule has 5 nitrogen and oxygen atoms in total. The van der Waals surface area contributed by atoms with Gasteiger partial charge in [0.15, 0.2) is 0 Å². The summed E-state index contributed by atoms with van der Waals surface area (Å²) in [5, 5.41) is 2.70. The third-order valence-electron chi connectivity index (χ3n) is 5.44. The van der Waals surface area contributed by atoms with Crippen molar-refractivity contribution in [3.05, 3.63) is 95.3 Å². The van der Waals surface area contributed by atoms with Crippen molar-refractivity contribution in [1.82, 2.24) is 4.90 Å². The third kappa shape index (κ3) is 4.74. The first-order valence-corrected chi connectivity index (χ1v) is 10.3. The van der Waals surface area contributed by atoms with E-state index in [9.17, 15) is 14.0 Å². The Morgan fingerprint density at radius 3 is 2.61 bits per heavy atom. The van der Waals surface area contributed by atoms with E-state index in [1.54, 1.807) is 29.2 Å². The molecular formula is C25H24FN3O2. The molecule has 3 aromatic carbocycles. The number of carbonyl (C=O) groups excluding carboxylic acids is 2. The summed E-state index contributed by atoms with van der Waals surface area (Å²) in [6.07, 6.45) is 0.845. The van der Waals surface area contributed by atoms with Crippen molar-refractivity contribution in [1.29, 1.82) is 0 Å². The second-order valence-electron chi connectivity index (χ2n) is 7.65. The molecule has 3 aromatic rings. The maximum absolute atomic E-state index is 13.4. The molecule has 0 bridgehead atoms. The summed E-state index contributed by atoms with van der Waals surface area (Å²) >= 11 is 0. The average molecular weight is 417 g/mol. The summed E-state index contributed by atoms with van der Waals surface area (Å²) in [5.74, 6) is -0.770. The van der Waals surface area contributed by atoms with Gasteiger partial charge in [-0.05, 0) is 60.9 Å². The summed E-state index contributed by atoms with van der Waals surface area (Å²) < 4.78 is 13.4. The lowest BCUT2D eigenvalue weighted by molar-refractivity contribution is 0.102. The van der Waals surface area contributed by atoms with Gasteiger partial charge in [0.1, 0.15) is 5.82 Å². The zero-order chi connectivity index (χ0) is 21.8. The van der Waals surface area contributed by atoms with Gasteiger partial charge in [0.25, 0.3) is 5.91 Å². The number of rotatable bonds is 5. The summed E-state index contributed by atoms with van der Waals surface area (Å²) in [5.41, 5.74) is 3.75. The smallest absolute Gasteiger partial charge is 0.322 e. The Hall–Kier alpha value is -3.67. The van der Waals surface area contributed by atoms with Crippen LogP contribution in [0.1, 0.15) is 27.9 Å². The first-order valence-electron chi connectivity index (χ1n) is 10.3. The number of nitrogens with one attached hydrogen (secondary N) is 1. The lowest BCUT2D eigenvalue weighted by Crippen LogP contribution is -2.49. The molecule has 1 aliphatic rings. The number of hydrogen-bond acceptors (Lipinski definition) is 2. The zero-order valence-electron chi connectivity index (χ0n) is 17.3. The van der Waals surface area contributed by atoms with E-state index in [1.165, 1.54) is 18.2 Å². The van der Waals surface area contributed by atoms with Gasteiger partial charge in [-0.1, -0.05) is 36.4 Å². The van der Waals surface area contributed by atoms with Crippen LogP contribution in [-0.2, 0) is 6.54 Å². The molecule has 1 heterocycles. The van der Waals surface area contributed by atoms with Gasteiger partial charge >= 0.3 is 6.03 Å². The number of halogens is 1. The Kier molecular flexibility index (Phi) is 5.98. The van der Waals surface area contributed by atoms with Crippen LogP contribution in [0.3, 0.4) is 0 Å². The highest BCUT2D eigenvalue weighted by Crippen LogP contribution is 2.24. The van der Waals surface area contributed by atoms with Crippen molar-refractivity contribution in [2.45, 2.75) is 19.9 Å². The number of aryl methyl sites for hydroxylation is 1. The standard InChI is InChI=1S/C25H24FN3O2/c1-18-7-2-3-8-20(18)17-28-13-6-14-29(25(28)31)23-12-4-9-19(15-23)24(30)27-22-11-5-10-21(26)16-22/h2-5,7-12,15-16H,6,13-14,17H2,1H3,(H,27,30). The molecule has 158 valence electrons. The van der Waals surface area contributed by atoms with Crippen LogP contribution in [0.4, 0.5) is 20.6 Å². The minimum absolute atomic E-state index is 0.0720. The van der Waals surface area contributed by atoms with Gasteiger partial charge in [0, 0.05) is 36.6 Å². The maximum Gasteiger partial charge on any atom is 0.324 e. The largest absolute Gasteiger partial charge is 0.324 e. The second kappa shape index (κ2) is 9.00. The van der Waals surface area contributed by atoms with Crippen molar-refractivity contribution in [3.63, 3.8) is 0 Å². The van der Waals surface area contributed by atoms with E-state index in [0.717, 1.165) is 17.5 Å². The monoisotopic (exact) mass is 417 g/mol. The van der Waals surface area contributed by atoms with Crippen LogP contribution < -0.4 is 10.2 Å². The van der Waals surface area contributed by atoms with Gasteiger partial charge in [0.2, 0.25) is 0 Å². The Morgan fingerprint density at radius 2 is 1.81 bits per heavy atom. The molecule has 1 aliphatic heterocycles. The fourth-order valence-corrected chi connectivity index (χ4v) is 3.75. The van der Waals surface area contributed by atoms with Crippen LogP contribution >= 0.6 is 0 Å². The quantitative estimate of drug-likeness (QED) is 0.619. The molecule has 31 heavy (non-hydrogen) atoms. The Balaban J connectivity index is 1.50. The van der Waals surface area contributed by atoms with E-state index in [0.29, 0.717) is 36.6 Å². The Bertz CT molecular complexity index is 1120. The molecule has 4 rings (SSSR count). The van der Waals surface area contributed by atoms with E-state index < -0.39 is 5.82 Å². The van der Waals surface area contributed by atoms with Crippen molar-refractivity contribution < 1.29 is 14.0 Å². The van der Waals surface area contributed by atoms with E-state index in [4.69, 9.17) is 0 Å². The molecule has 0 unspecified atom stereocenters. The molecule has 3 amide bonds. The van der Waals surface area contributed by atoms with Crippen LogP contribution in [0.25, 0.3) is 0 Å². The number of anilines is 2. The van der Waals surface area contributed by atoms with Crippen molar-refractivity contribution in [2.24, 2.45) is 0 Å². The molecule has 1 N–H and O–H groups in total. The molecule has 1 fully saturated rings. The van der Waals surface area contributed by atoms with E-state index >= 15 is 0 Å². The van der Waals surface area contributed by atoms with Crippen LogP contribution in [0.5, 0.6) is 0 Å². The molecule has 0 atom stereocenters. The summed E-state index contributed by atoms with van der Waals surface area (Å²) in [7, 11) is 0.